The summed E-state index contributed by atoms with van der Waals surface area (Å²) in [5.74, 6) is 0.579. The molecule has 5 nitrogen and oxygen atoms in total. The highest BCUT2D eigenvalue weighted by molar-refractivity contribution is 7.22. The zero-order chi connectivity index (χ0) is 18.8. The Morgan fingerprint density at radius 2 is 2.07 bits per heavy atom. The summed E-state index contributed by atoms with van der Waals surface area (Å²) in [4.78, 5) is 24.4. The van der Waals surface area contributed by atoms with E-state index in [1.165, 1.54) is 22.7 Å². The van der Waals surface area contributed by atoms with Gasteiger partial charge in [-0.15, -0.1) is 11.3 Å². The van der Waals surface area contributed by atoms with Crippen LogP contribution in [0.25, 0.3) is 10.2 Å². The molecule has 0 saturated heterocycles. The van der Waals surface area contributed by atoms with Crippen LogP contribution < -0.4 is 9.64 Å². The van der Waals surface area contributed by atoms with Crippen LogP contribution in [0.15, 0.2) is 54.7 Å². The normalized spacial score (nSPS) is 10.9. The fourth-order valence-electron chi connectivity index (χ4n) is 2.58. The van der Waals surface area contributed by atoms with Crippen LogP contribution in [0.2, 0.25) is 4.34 Å². The summed E-state index contributed by atoms with van der Waals surface area (Å²) < 4.78 is 6.82. The summed E-state index contributed by atoms with van der Waals surface area (Å²) in [5, 5.41) is 0.610. The Balaban J connectivity index is 1.75. The second-order valence-corrected chi connectivity index (χ2v) is 8.37. The zero-order valence-corrected chi connectivity index (χ0v) is 16.6. The van der Waals surface area contributed by atoms with Gasteiger partial charge in [0.2, 0.25) is 0 Å². The largest absolute Gasteiger partial charge is 0.497 e. The minimum Gasteiger partial charge on any atom is -0.497 e. The standard InChI is InChI=1S/C19H14ClN3O2S2/c1-25-13-5-6-15-14(10-13)22-19(27-15)23(11-12-4-2-3-9-21-12)18(24)16-7-8-17(20)26-16/h2-10H,11H2,1H3. The highest BCUT2D eigenvalue weighted by Crippen LogP contribution is 2.33. The Morgan fingerprint density at radius 3 is 2.78 bits per heavy atom. The predicted octanol–water partition coefficient (Wildman–Crippen LogP) is 5.26. The first-order valence-electron chi connectivity index (χ1n) is 8.06. The number of carbonyl (C=O) groups is 1. The van der Waals surface area contributed by atoms with Gasteiger partial charge in [-0.05, 0) is 36.4 Å². The summed E-state index contributed by atoms with van der Waals surface area (Å²) in [6, 6.07) is 14.8. The third-order valence-electron chi connectivity index (χ3n) is 3.89. The lowest BCUT2D eigenvalue weighted by atomic mass is 10.3. The van der Waals surface area contributed by atoms with E-state index in [0.717, 1.165) is 21.7 Å². The van der Waals surface area contributed by atoms with Crippen LogP contribution in [-0.4, -0.2) is 23.0 Å². The van der Waals surface area contributed by atoms with Crippen molar-refractivity contribution in [3.05, 3.63) is 69.6 Å². The molecule has 8 heteroatoms. The van der Waals surface area contributed by atoms with Gasteiger partial charge in [-0.3, -0.25) is 14.7 Å². The van der Waals surface area contributed by atoms with Crippen molar-refractivity contribution in [3.63, 3.8) is 0 Å². The van der Waals surface area contributed by atoms with E-state index in [4.69, 9.17) is 16.3 Å². The smallest absolute Gasteiger partial charge is 0.270 e. The second kappa shape index (κ2) is 7.64. The first-order chi connectivity index (χ1) is 13.1. The Morgan fingerprint density at radius 1 is 1.19 bits per heavy atom. The molecule has 27 heavy (non-hydrogen) atoms. The highest BCUT2D eigenvalue weighted by atomic mass is 35.5. The lowest BCUT2D eigenvalue weighted by Gasteiger charge is -2.18. The number of methoxy groups -OCH3 is 1. The number of hydrogen-bond donors (Lipinski definition) is 0. The van der Waals surface area contributed by atoms with Crippen LogP contribution in [0.1, 0.15) is 15.4 Å². The molecule has 136 valence electrons. The molecular formula is C19H14ClN3O2S2. The summed E-state index contributed by atoms with van der Waals surface area (Å²) in [6.45, 7) is 0.326. The first-order valence-corrected chi connectivity index (χ1v) is 10.1. The van der Waals surface area contributed by atoms with Crippen molar-refractivity contribution in [1.29, 1.82) is 0 Å². The number of thiazole rings is 1. The van der Waals surface area contributed by atoms with Crippen LogP contribution in [0.3, 0.4) is 0 Å². The van der Waals surface area contributed by atoms with Gasteiger partial charge in [0.15, 0.2) is 5.13 Å². The average Bonchev–Trinajstić information content (AvgIpc) is 3.31. The summed E-state index contributed by atoms with van der Waals surface area (Å²) in [7, 11) is 1.62. The van der Waals surface area contributed by atoms with Gasteiger partial charge in [-0.2, -0.15) is 0 Å². The number of hydrogen-bond acceptors (Lipinski definition) is 6. The van der Waals surface area contributed by atoms with Gasteiger partial charge in [0.25, 0.3) is 5.91 Å². The second-order valence-electron chi connectivity index (χ2n) is 5.65. The monoisotopic (exact) mass is 415 g/mol. The molecule has 0 atom stereocenters. The van der Waals surface area contributed by atoms with Crippen molar-refractivity contribution in [2.75, 3.05) is 12.0 Å². The molecule has 4 aromatic rings. The molecule has 0 fully saturated rings. The fourth-order valence-corrected chi connectivity index (χ4v) is 4.52. The predicted molar refractivity (Wildman–Crippen MR) is 110 cm³/mol. The molecule has 0 aliphatic rings. The Labute approximate surface area is 168 Å². The van der Waals surface area contributed by atoms with Crippen molar-refractivity contribution < 1.29 is 9.53 Å². The number of rotatable bonds is 5. The van der Waals surface area contributed by atoms with Gasteiger partial charge >= 0.3 is 0 Å². The molecule has 0 bridgehead atoms. The third kappa shape index (κ3) is 3.80. The molecule has 4 rings (SSSR count). The van der Waals surface area contributed by atoms with Crippen molar-refractivity contribution in [2.45, 2.75) is 6.54 Å². The molecule has 0 aliphatic carbocycles. The molecule has 0 N–H and O–H groups in total. The molecule has 1 amide bonds. The van der Waals surface area contributed by atoms with Crippen molar-refractivity contribution in [3.8, 4) is 5.75 Å². The molecule has 1 aromatic carbocycles. The highest BCUT2D eigenvalue weighted by Gasteiger charge is 2.23. The number of pyridine rings is 1. The molecule has 0 aliphatic heterocycles. The number of benzene rings is 1. The number of nitrogens with zero attached hydrogens (tertiary/aromatic N) is 3. The SMILES string of the molecule is COc1ccc2sc(N(Cc3ccccn3)C(=O)c3ccc(Cl)s3)nc2c1. The Hall–Kier alpha value is -2.48. The Kier molecular flexibility index (Phi) is 5.07. The molecule has 0 saturated carbocycles. The maximum absolute atomic E-state index is 13.2. The first kappa shape index (κ1) is 17.9. The van der Waals surface area contributed by atoms with E-state index in [-0.39, 0.29) is 5.91 Å². The van der Waals surface area contributed by atoms with E-state index >= 15 is 0 Å². The van der Waals surface area contributed by atoms with E-state index in [1.807, 2.05) is 36.4 Å². The molecule has 0 radical (unpaired) electrons. The van der Waals surface area contributed by atoms with Gasteiger partial charge in [0, 0.05) is 12.3 Å². The van der Waals surface area contributed by atoms with E-state index in [9.17, 15) is 4.79 Å². The lowest BCUT2D eigenvalue weighted by Crippen LogP contribution is -2.30. The summed E-state index contributed by atoms with van der Waals surface area (Å²) in [5.41, 5.74) is 1.57. The van der Waals surface area contributed by atoms with Gasteiger partial charge in [0.05, 0.1) is 38.8 Å². The molecule has 3 aromatic heterocycles. The van der Waals surface area contributed by atoms with Gasteiger partial charge in [-0.1, -0.05) is 29.0 Å². The van der Waals surface area contributed by atoms with E-state index in [1.54, 1.807) is 30.3 Å². The van der Waals surface area contributed by atoms with Gasteiger partial charge in [0.1, 0.15) is 5.75 Å². The van der Waals surface area contributed by atoms with Gasteiger partial charge in [-0.25, -0.2) is 4.98 Å². The number of fused-ring (bicyclic) bond motifs is 1. The minimum atomic E-state index is -0.149. The number of ether oxygens (including phenoxy) is 1. The van der Waals surface area contributed by atoms with Crippen LogP contribution in [0, 0.1) is 0 Å². The van der Waals surface area contributed by atoms with Gasteiger partial charge < -0.3 is 4.74 Å². The quantitative estimate of drug-likeness (QED) is 0.446. The maximum Gasteiger partial charge on any atom is 0.270 e. The van der Waals surface area contributed by atoms with E-state index < -0.39 is 0 Å². The topological polar surface area (TPSA) is 55.3 Å². The van der Waals surface area contributed by atoms with E-state index in [2.05, 4.69) is 9.97 Å². The van der Waals surface area contributed by atoms with Crippen molar-refractivity contribution >= 4 is 55.5 Å². The molecular weight excluding hydrogens is 402 g/mol. The molecule has 0 spiro atoms. The average molecular weight is 416 g/mol. The minimum absolute atomic E-state index is 0.149. The number of anilines is 1. The summed E-state index contributed by atoms with van der Waals surface area (Å²) in [6.07, 6.45) is 1.71. The fraction of sp³-hybridized carbons (Fsp3) is 0.105. The van der Waals surface area contributed by atoms with E-state index in [0.29, 0.717) is 20.9 Å². The summed E-state index contributed by atoms with van der Waals surface area (Å²) >= 11 is 8.73. The van der Waals surface area contributed by atoms with Crippen LogP contribution in [-0.2, 0) is 6.54 Å². The zero-order valence-electron chi connectivity index (χ0n) is 14.3. The Bertz CT molecular complexity index is 1090. The lowest BCUT2D eigenvalue weighted by molar-refractivity contribution is 0.0988. The molecule has 0 unspecified atom stereocenters. The van der Waals surface area contributed by atoms with Crippen LogP contribution >= 0.6 is 34.3 Å². The van der Waals surface area contributed by atoms with Crippen molar-refractivity contribution in [2.24, 2.45) is 0 Å². The number of aromatic nitrogens is 2. The maximum atomic E-state index is 13.2. The number of carbonyl (C=O) groups excluding carboxylic acids is 1. The van der Waals surface area contributed by atoms with Crippen LogP contribution in [0.5, 0.6) is 5.75 Å². The third-order valence-corrected chi connectivity index (χ3v) is 6.17. The van der Waals surface area contributed by atoms with Crippen LogP contribution in [0.4, 0.5) is 5.13 Å². The number of amides is 1. The number of halogens is 1. The van der Waals surface area contributed by atoms with Crippen molar-refractivity contribution in [1.82, 2.24) is 9.97 Å². The molecule has 3 heterocycles. The number of thiophene rings is 1.